The number of nitro benzene ring substituents is 1. The molecule has 1 fully saturated rings. The van der Waals surface area contributed by atoms with Gasteiger partial charge in [-0.15, -0.1) is 0 Å². The number of nitrogens with one attached hydrogen (secondary N) is 2. The van der Waals surface area contributed by atoms with Crippen LogP contribution in [0.4, 0.5) is 17.1 Å². The number of benzene rings is 2. The van der Waals surface area contributed by atoms with Crippen molar-refractivity contribution < 1.29 is 9.72 Å². The molecule has 7 heteroatoms. The summed E-state index contributed by atoms with van der Waals surface area (Å²) < 4.78 is 0. The number of para-hydroxylation sites is 1. The first-order valence-corrected chi connectivity index (χ1v) is 8.60. The van der Waals surface area contributed by atoms with Gasteiger partial charge in [0.25, 0.3) is 5.69 Å². The van der Waals surface area contributed by atoms with E-state index in [0.29, 0.717) is 11.7 Å². The molecule has 1 aliphatic heterocycles. The number of anilines is 2. The minimum Gasteiger partial charge on any atom is -0.381 e. The number of aryl methyl sites for hydroxylation is 1. The summed E-state index contributed by atoms with van der Waals surface area (Å²) in [6.45, 7) is 3.71. The van der Waals surface area contributed by atoms with Crippen LogP contribution < -0.4 is 10.6 Å². The quantitative estimate of drug-likeness (QED) is 0.615. The largest absolute Gasteiger partial charge is 0.381 e. The van der Waals surface area contributed by atoms with Gasteiger partial charge in [-0.1, -0.05) is 24.3 Å². The van der Waals surface area contributed by atoms with Crippen molar-refractivity contribution in [1.82, 2.24) is 4.90 Å². The number of rotatable bonds is 6. The van der Waals surface area contributed by atoms with Crippen LogP contribution in [-0.2, 0) is 4.79 Å². The third-order valence-electron chi connectivity index (χ3n) is 4.49. The fraction of sp³-hybridized carbons (Fsp3) is 0.316. The topological polar surface area (TPSA) is 87.5 Å². The lowest BCUT2D eigenvalue weighted by atomic mass is 10.2. The van der Waals surface area contributed by atoms with Gasteiger partial charge < -0.3 is 10.6 Å². The van der Waals surface area contributed by atoms with Gasteiger partial charge in [-0.05, 0) is 31.0 Å². The molecule has 2 N–H and O–H groups in total. The van der Waals surface area contributed by atoms with Crippen LogP contribution in [-0.4, -0.2) is 41.4 Å². The maximum atomic E-state index is 12.3. The highest BCUT2D eigenvalue weighted by atomic mass is 16.6. The molecule has 1 saturated heterocycles. The summed E-state index contributed by atoms with van der Waals surface area (Å²) >= 11 is 0. The average molecular weight is 354 g/mol. The maximum Gasteiger partial charge on any atom is 0.271 e. The molecule has 1 heterocycles. The highest BCUT2D eigenvalue weighted by Crippen LogP contribution is 2.22. The van der Waals surface area contributed by atoms with Crippen LogP contribution in [0.15, 0.2) is 48.5 Å². The van der Waals surface area contributed by atoms with Gasteiger partial charge in [-0.3, -0.25) is 19.8 Å². The van der Waals surface area contributed by atoms with Crippen LogP contribution >= 0.6 is 0 Å². The van der Waals surface area contributed by atoms with Crippen molar-refractivity contribution in [3.63, 3.8) is 0 Å². The predicted octanol–water partition coefficient (Wildman–Crippen LogP) is 3.03. The van der Waals surface area contributed by atoms with Crippen molar-refractivity contribution >= 4 is 23.0 Å². The number of non-ortho nitro benzene ring substituents is 1. The molecule has 3 rings (SSSR count). The highest BCUT2D eigenvalue weighted by Gasteiger charge is 2.24. The molecule has 1 unspecified atom stereocenters. The summed E-state index contributed by atoms with van der Waals surface area (Å²) in [6, 6.07) is 14.8. The Morgan fingerprint density at radius 3 is 2.77 bits per heavy atom. The van der Waals surface area contributed by atoms with E-state index in [1.165, 1.54) is 12.1 Å². The van der Waals surface area contributed by atoms with Gasteiger partial charge in [0.05, 0.1) is 17.2 Å². The summed E-state index contributed by atoms with van der Waals surface area (Å²) in [4.78, 5) is 24.8. The number of nitro groups is 1. The standard InChI is InChI=1S/C19H22N4O3/c1-14-7-8-17(23(25)26)11-18(14)21-19(24)13-22-10-9-16(12-22)20-15-5-3-2-4-6-15/h2-8,11,16,20H,9-10,12-13H2,1H3,(H,21,24). The van der Waals surface area contributed by atoms with E-state index < -0.39 is 4.92 Å². The van der Waals surface area contributed by atoms with E-state index in [1.807, 2.05) is 37.3 Å². The van der Waals surface area contributed by atoms with E-state index in [9.17, 15) is 14.9 Å². The van der Waals surface area contributed by atoms with Crippen molar-refractivity contribution in [2.24, 2.45) is 0 Å². The summed E-state index contributed by atoms with van der Waals surface area (Å²) in [7, 11) is 0. The fourth-order valence-corrected chi connectivity index (χ4v) is 3.12. The van der Waals surface area contributed by atoms with Crippen molar-refractivity contribution in [3.8, 4) is 0 Å². The molecule has 7 nitrogen and oxygen atoms in total. The lowest BCUT2D eigenvalue weighted by Gasteiger charge is -2.17. The Hall–Kier alpha value is -2.93. The lowest BCUT2D eigenvalue weighted by molar-refractivity contribution is -0.384. The molecule has 1 aliphatic rings. The number of carbonyl (C=O) groups is 1. The van der Waals surface area contributed by atoms with Gasteiger partial charge in [0.15, 0.2) is 0 Å². The number of amides is 1. The zero-order valence-corrected chi connectivity index (χ0v) is 14.6. The number of likely N-dealkylation sites (tertiary alicyclic amines) is 1. The summed E-state index contributed by atoms with van der Waals surface area (Å²) in [5.41, 5.74) is 2.34. The summed E-state index contributed by atoms with van der Waals surface area (Å²) in [5.74, 6) is -0.158. The third kappa shape index (κ3) is 4.58. The molecule has 2 aromatic carbocycles. The van der Waals surface area contributed by atoms with Gasteiger partial charge in [0.2, 0.25) is 5.91 Å². The van der Waals surface area contributed by atoms with Gasteiger partial charge >= 0.3 is 0 Å². The molecule has 0 radical (unpaired) electrons. The zero-order valence-electron chi connectivity index (χ0n) is 14.6. The first-order chi connectivity index (χ1) is 12.5. The lowest BCUT2D eigenvalue weighted by Crippen LogP contribution is -2.33. The normalized spacial score (nSPS) is 17.0. The highest BCUT2D eigenvalue weighted by molar-refractivity contribution is 5.93. The second-order valence-electron chi connectivity index (χ2n) is 6.54. The van der Waals surface area contributed by atoms with Gasteiger partial charge in [0.1, 0.15) is 0 Å². The Balaban J connectivity index is 1.53. The van der Waals surface area contributed by atoms with Crippen molar-refractivity contribution in [2.45, 2.75) is 19.4 Å². The van der Waals surface area contributed by atoms with Gasteiger partial charge in [-0.2, -0.15) is 0 Å². The third-order valence-corrected chi connectivity index (χ3v) is 4.49. The maximum absolute atomic E-state index is 12.3. The number of hydrogen-bond acceptors (Lipinski definition) is 5. The number of carbonyl (C=O) groups excluding carboxylic acids is 1. The van der Waals surface area contributed by atoms with Gasteiger partial charge in [-0.25, -0.2) is 0 Å². The summed E-state index contributed by atoms with van der Waals surface area (Å²) in [6.07, 6.45) is 0.970. The van der Waals surface area contributed by atoms with E-state index >= 15 is 0 Å². The Labute approximate surface area is 152 Å². The molecule has 0 aromatic heterocycles. The van der Waals surface area contributed by atoms with Crippen LogP contribution in [0, 0.1) is 17.0 Å². The average Bonchev–Trinajstić information content (AvgIpc) is 3.04. The number of nitrogens with zero attached hydrogens (tertiary/aromatic N) is 2. The zero-order chi connectivity index (χ0) is 18.5. The SMILES string of the molecule is Cc1ccc([N+](=O)[O-])cc1NC(=O)CN1CCC(Nc2ccccc2)C1. The molecule has 1 atom stereocenters. The van der Waals surface area contributed by atoms with E-state index in [1.54, 1.807) is 6.07 Å². The molecule has 0 saturated carbocycles. The van der Waals surface area contributed by atoms with Crippen LogP contribution in [0.25, 0.3) is 0 Å². The van der Waals surface area contributed by atoms with Crippen molar-refractivity contribution in [1.29, 1.82) is 0 Å². The molecule has 136 valence electrons. The molecule has 0 bridgehead atoms. The molecular formula is C19H22N4O3. The molecular weight excluding hydrogens is 332 g/mol. The second kappa shape index (κ2) is 7.97. The molecule has 2 aromatic rings. The summed E-state index contributed by atoms with van der Waals surface area (Å²) in [5, 5.41) is 17.2. The smallest absolute Gasteiger partial charge is 0.271 e. The molecule has 0 aliphatic carbocycles. The Morgan fingerprint density at radius 2 is 2.04 bits per heavy atom. The van der Waals surface area contributed by atoms with Crippen LogP contribution in [0.2, 0.25) is 0 Å². The van der Waals surface area contributed by atoms with E-state index in [4.69, 9.17) is 0 Å². The first-order valence-electron chi connectivity index (χ1n) is 8.60. The van der Waals surface area contributed by atoms with E-state index in [-0.39, 0.29) is 18.1 Å². The van der Waals surface area contributed by atoms with Crippen molar-refractivity contribution in [2.75, 3.05) is 30.3 Å². The molecule has 1 amide bonds. The monoisotopic (exact) mass is 354 g/mol. The Morgan fingerprint density at radius 1 is 1.27 bits per heavy atom. The van der Waals surface area contributed by atoms with Crippen LogP contribution in [0.1, 0.15) is 12.0 Å². The number of hydrogen-bond donors (Lipinski definition) is 2. The minimum atomic E-state index is -0.463. The predicted molar refractivity (Wildman–Crippen MR) is 101 cm³/mol. The van der Waals surface area contributed by atoms with Crippen LogP contribution in [0.5, 0.6) is 0 Å². The second-order valence-corrected chi connectivity index (χ2v) is 6.54. The van der Waals surface area contributed by atoms with E-state index in [2.05, 4.69) is 15.5 Å². The molecule has 0 spiro atoms. The van der Waals surface area contributed by atoms with E-state index in [0.717, 1.165) is 30.8 Å². The minimum absolute atomic E-state index is 0.0285. The van der Waals surface area contributed by atoms with Gasteiger partial charge in [0, 0.05) is 37.0 Å². The Bertz CT molecular complexity index is 795. The first kappa shape index (κ1) is 17.9. The Kier molecular flexibility index (Phi) is 5.48. The van der Waals surface area contributed by atoms with Crippen molar-refractivity contribution in [3.05, 3.63) is 64.2 Å². The van der Waals surface area contributed by atoms with Crippen LogP contribution in [0.3, 0.4) is 0 Å². The molecule has 26 heavy (non-hydrogen) atoms. The fourth-order valence-electron chi connectivity index (χ4n) is 3.12.